The third-order valence-electron chi connectivity index (χ3n) is 9.19. The molecular formula is C25H41N3O6S. The van der Waals surface area contributed by atoms with Gasteiger partial charge in [0, 0.05) is 12.5 Å². The van der Waals surface area contributed by atoms with E-state index >= 15 is 0 Å². The van der Waals surface area contributed by atoms with E-state index in [1.165, 1.54) is 4.90 Å². The molecule has 0 aromatic rings. The minimum Gasteiger partial charge on any atom is -0.480 e. The molecule has 3 N–H and O–H groups in total. The van der Waals surface area contributed by atoms with E-state index in [-0.39, 0.29) is 23.0 Å². The molecule has 0 aromatic heterocycles. The maximum Gasteiger partial charge on any atom is 0.326 e. The van der Waals surface area contributed by atoms with Gasteiger partial charge in [-0.25, -0.2) is 18.0 Å². The number of hydrogen-bond acceptors (Lipinski definition) is 5. The molecule has 198 valence electrons. The van der Waals surface area contributed by atoms with Crippen LogP contribution < -0.4 is 10.6 Å². The highest BCUT2D eigenvalue weighted by atomic mass is 32.2. The fraction of sp³-hybridized carbons (Fsp3) is 0.880. The number of sulfone groups is 1. The summed E-state index contributed by atoms with van der Waals surface area (Å²) in [5.41, 5.74) is -1.60. The number of nitrogens with one attached hydrogen (secondary N) is 2. The zero-order valence-electron chi connectivity index (χ0n) is 21.6. The van der Waals surface area contributed by atoms with E-state index < -0.39 is 56.0 Å². The van der Waals surface area contributed by atoms with Gasteiger partial charge in [-0.05, 0) is 42.4 Å². The molecule has 0 unspecified atom stereocenters. The Bertz CT molecular complexity index is 995. The summed E-state index contributed by atoms with van der Waals surface area (Å²) in [7, 11) is -3.29. The van der Waals surface area contributed by atoms with E-state index in [1.807, 2.05) is 34.6 Å². The second kappa shape index (κ2) is 8.63. The SMILES string of the molecule is CC(C)(C)[C@H](NC(=O)NC1([C@H]2CCCS2(=O)=O)CCCCC1)C(=O)N1C[C@H]2[C@@H]([C@H]1C(=O)O)C2(C)C. The van der Waals surface area contributed by atoms with Crippen molar-refractivity contribution in [2.45, 2.75) is 102 Å². The van der Waals surface area contributed by atoms with Crippen LogP contribution in [0.5, 0.6) is 0 Å². The van der Waals surface area contributed by atoms with E-state index in [0.717, 1.165) is 19.3 Å². The number of fused-ring (bicyclic) bond motifs is 1. The summed E-state index contributed by atoms with van der Waals surface area (Å²) in [4.78, 5) is 40.5. The number of likely N-dealkylation sites (tertiary alicyclic amines) is 1. The van der Waals surface area contributed by atoms with Gasteiger partial charge in [-0.3, -0.25) is 4.79 Å². The van der Waals surface area contributed by atoms with Crippen molar-refractivity contribution >= 4 is 27.7 Å². The van der Waals surface area contributed by atoms with E-state index in [1.54, 1.807) is 0 Å². The predicted molar refractivity (Wildman–Crippen MR) is 131 cm³/mol. The Morgan fingerprint density at radius 2 is 1.69 bits per heavy atom. The predicted octanol–water partition coefficient (Wildman–Crippen LogP) is 2.55. The van der Waals surface area contributed by atoms with Gasteiger partial charge < -0.3 is 20.6 Å². The van der Waals surface area contributed by atoms with Crippen molar-refractivity contribution in [2.75, 3.05) is 12.3 Å². The number of carbonyl (C=O) groups is 3. The first-order valence-electron chi connectivity index (χ1n) is 13.0. The van der Waals surface area contributed by atoms with Crippen LogP contribution in [0.4, 0.5) is 4.79 Å². The largest absolute Gasteiger partial charge is 0.480 e. The van der Waals surface area contributed by atoms with Crippen LogP contribution in [-0.4, -0.2) is 71.5 Å². The van der Waals surface area contributed by atoms with Crippen LogP contribution in [0.2, 0.25) is 0 Å². The highest BCUT2D eigenvalue weighted by molar-refractivity contribution is 7.92. The Kier molecular flexibility index (Phi) is 6.47. The van der Waals surface area contributed by atoms with Crippen molar-refractivity contribution in [3.63, 3.8) is 0 Å². The van der Waals surface area contributed by atoms with Crippen molar-refractivity contribution in [1.82, 2.24) is 15.5 Å². The summed E-state index contributed by atoms with van der Waals surface area (Å²) >= 11 is 0. The average Bonchev–Trinajstić information content (AvgIpc) is 3.09. The maximum atomic E-state index is 13.7. The molecule has 2 aliphatic carbocycles. The van der Waals surface area contributed by atoms with Crippen LogP contribution in [0.25, 0.3) is 0 Å². The number of carboxylic acid groups (broad SMARTS) is 1. The molecule has 9 nitrogen and oxygen atoms in total. The van der Waals surface area contributed by atoms with E-state index in [2.05, 4.69) is 10.6 Å². The summed E-state index contributed by atoms with van der Waals surface area (Å²) in [5, 5.41) is 15.2. The minimum atomic E-state index is -3.29. The topological polar surface area (TPSA) is 133 Å². The number of aliphatic carboxylic acids is 1. The van der Waals surface area contributed by atoms with Gasteiger partial charge >= 0.3 is 12.0 Å². The van der Waals surface area contributed by atoms with E-state index in [4.69, 9.17) is 0 Å². The van der Waals surface area contributed by atoms with Gasteiger partial charge in [-0.15, -0.1) is 0 Å². The molecule has 0 spiro atoms. The first kappa shape index (κ1) is 26.2. The molecular weight excluding hydrogens is 470 g/mol. The van der Waals surface area contributed by atoms with Gasteiger partial charge in [-0.2, -0.15) is 0 Å². The average molecular weight is 512 g/mol. The Hall–Kier alpha value is -1.84. The smallest absolute Gasteiger partial charge is 0.326 e. The number of carbonyl (C=O) groups excluding carboxylic acids is 2. The molecule has 5 atom stereocenters. The summed E-state index contributed by atoms with van der Waals surface area (Å²) in [5.74, 6) is -1.21. The maximum absolute atomic E-state index is 13.7. The van der Waals surface area contributed by atoms with Gasteiger partial charge in [0.25, 0.3) is 0 Å². The van der Waals surface area contributed by atoms with Crippen LogP contribution in [0.15, 0.2) is 0 Å². The normalized spacial score (nSPS) is 33.5. The van der Waals surface area contributed by atoms with Crippen molar-refractivity contribution in [1.29, 1.82) is 0 Å². The third-order valence-corrected chi connectivity index (χ3v) is 11.6. The Labute approximate surface area is 208 Å². The van der Waals surface area contributed by atoms with Crippen LogP contribution in [0.3, 0.4) is 0 Å². The fourth-order valence-electron chi connectivity index (χ4n) is 7.13. The molecule has 35 heavy (non-hydrogen) atoms. The van der Waals surface area contributed by atoms with Gasteiger partial charge in [0.15, 0.2) is 9.84 Å². The third kappa shape index (κ3) is 4.55. The zero-order valence-corrected chi connectivity index (χ0v) is 22.4. The first-order valence-corrected chi connectivity index (χ1v) is 14.7. The standard InChI is InChI=1S/C25H41N3O6S/c1-23(2,3)19(20(29)28-14-15-17(24(15,4)5)18(28)21(30)31)26-22(32)27-25(11-7-6-8-12-25)16-10-9-13-35(16,33)34/h15-19H,6-14H2,1-5H3,(H,30,31)(H2,26,27,32)/t15-,16+,17-,18-,19+/m0/s1. The van der Waals surface area contributed by atoms with Crippen molar-refractivity contribution in [3.05, 3.63) is 0 Å². The quantitative estimate of drug-likeness (QED) is 0.520. The fourth-order valence-corrected chi connectivity index (χ4v) is 9.49. The molecule has 4 aliphatic rings. The number of carboxylic acids is 1. The Balaban J connectivity index is 1.53. The monoisotopic (exact) mass is 511 g/mol. The highest BCUT2D eigenvalue weighted by Crippen LogP contribution is 2.65. The number of hydrogen-bond donors (Lipinski definition) is 3. The molecule has 2 saturated heterocycles. The Morgan fingerprint density at radius 3 is 2.20 bits per heavy atom. The summed E-state index contributed by atoms with van der Waals surface area (Å²) in [6.07, 6.45) is 5.04. The summed E-state index contributed by atoms with van der Waals surface area (Å²) in [6.45, 7) is 9.95. The molecule has 10 heteroatoms. The van der Waals surface area contributed by atoms with Crippen LogP contribution in [-0.2, 0) is 19.4 Å². The van der Waals surface area contributed by atoms with Crippen molar-refractivity contribution in [3.8, 4) is 0 Å². The lowest BCUT2D eigenvalue weighted by molar-refractivity contribution is -0.152. The van der Waals surface area contributed by atoms with E-state index in [0.29, 0.717) is 32.2 Å². The molecule has 3 amide bonds. The molecule has 0 radical (unpaired) electrons. The lowest BCUT2D eigenvalue weighted by Gasteiger charge is -2.43. The number of urea groups is 1. The molecule has 4 fully saturated rings. The van der Waals surface area contributed by atoms with Gasteiger partial charge in [0.1, 0.15) is 12.1 Å². The molecule has 2 saturated carbocycles. The molecule has 2 heterocycles. The van der Waals surface area contributed by atoms with Gasteiger partial charge in [0.05, 0.1) is 16.5 Å². The number of amides is 3. The van der Waals surface area contributed by atoms with Crippen LogP contribution >= 0.6 is 0 Å². The summed E-state index contributed by atoms with van der Waals surface area (Å²) < 4.78 is 25.6. The first-order chi connectivity index (χ1) is 16.1. The number of rotatable bonds is 5. The van der Waals surface area contributed by atoms with Crippen LogP contribution in [0.1, 0.15) is 79.6 Å². The van der Waals surface area contributed by atoms with Gasteiger partial charge in [-0.1, -0.05) is 53.9 Å². The van der Waals surface area contributed by atoms with Crippen molar-refractivity contribution < 1.29 is 27.9 Å². The molecule has 0 bridgehead atoms. The second-order valence-corrected chi connectivity index (χ2v) is 15.1. The minimum absolute atomic E-state index is 0.0866. The molecule has 0 aromatic carbocycles. The highest BCUT2D eigenvalue weighted by Gasteiger charge is 2.70. The molecule has 2 aliphatic heterocycles. The van der Waals surface area contributed by atoms with Crippen LogP contribution in [0, 0.1) is 22.7 Å². The zero-order chi connectivity index (χ0) is 26.0. The van der Waals surface area contributed by atoms with E-state index in [9.17, 15) is 27.9 Å². The second-order valence-electron chi connectivity index (χ2n) is 12.8. The Morgan fingerprint density at radius 1 is 1.06 bits per heavy atom. The lowest BCUT2D eigenvalue weighted by Crippen LogP contribution is -2.64. The van der Waals surface area contributed by atoms with Crippen molar-refractivity contribution in [2.24, 2.45) is 22.7 Å². The summed E-state index contributed by atoms with van der Waals surface area (Å²) in [6, 6.07) is -2.39. The lowest BCUT2D eigenvalue weighted by atomic mass is 9.78. The van der Waals surface area contributed by atoms with Gasteiger partial charge in [0.2, 0.25) is 5.91 Å². The molecule has 4 rings (SSSR count). The number of nitrogens with zero attached hydrogens (tertiary/aromatic N) is 1. The number of piperidine rings is 1.